The number of aromatic nitrogens is 2. The number of pyridine rings is 2. The summed E-state index contributed by atoms with van der Waals surface area (Å²) < 4.78 is 4.97. The highest BCUT2D eigenvalue weighted by Crippen LogP contribution is 2.41. The van der Waals surface area contributed by atoms with Gasteiger partial charge in [-0.25, -0.2) is 0 Å². The van der Waals surface area contributed by atoms with Gasteiger partial charge in [0.15, 0.2) is 12.4 Å². The van der Waals surface area contributed by atoms with E-state index in [0.717, 1.165) is 25.9 Å². The monoisotopic (exact) mass is 378 g/mol. The van der Waals surface area contributed by atoms with Gasteiger partial charge in [0.05, 0.1) is 16.5 Å². The van der Waals surface area contributed by atoms with Crippen LogP contribution in [0.1, 0.15) is 29.5 Å². The minimum atomic E-state index is 1.08. The van der Waals surface area contributed by atoms with Crippen molar-refractivity contribution in [2.45, 2.75) is 45.7 Å². The Balaban J connectivity index is 1.79. The molecule has 2 aromatic carbocycles. The standard InChI is InChI=1S/C27H26N2/c1-19-12-16-28-14-4-7-21-10-11-22-8-5-15-29-17-13-20-6-2-3-9-23(20)27(29)26(22)25(21)24(28)18-19/h2-3,6,9-13,16-18H,4-5,7-8,14-15H2,1H3/q+2. The summed E-state index contributed by atoms with van der Waals surface area (Å²) in [5, 5.41) is 2.70. The molecule has 142 valence electrons. The van der Waals surface area contributed by atoms with Gasteiger partial charge in [0.1, 0.15) is 13.1 Å². The molecule has 0 N–H and O–H groups in total. The van der Waals surface area contributed by atoms with Gasteiger partial charge < -0.3 is 0 Å². The van der Waals surface area contributed by atoms with Crippen molar-refractivity contribution in [1.29, 1.82) is 0 Å². The number of benzene rings is 2. The van der Waals surface area contributed by atoms with Crippen LogP contribution >= 0.6 is 0 Å². The van der Waals surface area contributed by atoms with Crippen LogP contribution in [0.4, 0.5) is 0 Å². The summed E-state index contributed by atoms with van der Waals surface area (Å²) in [6, 6.07) is 20.6. The Bertz CT molecular complexity index is 1270. The SMILES string of the molecule is Cc1cc[n+]2c(c1)-c1c(ccc3c1-c1c4ccccc4cc[n+]1CCC3)CCC2. The summed E-state index contributed by atoms with van der Waals surface area (Å²) in [5.74, 6) is 0. The lowest BCUT2D eigenvalue weighted by Crippen LogP contribution is -2.36. The summed E-state index contributed by atoms with van der Waals surface area (Å²) in [6.07, 6.45) is 9.26. The minimum Gasteiger partial charge on any atom is -0.198 e. The average Bonchev–Trinajstić information content (AvgIpc) is 3.05. The normalized spacial score (nSPS) is 14.9. The van der Waals surface area contributed by atoms with Crippen molar-refractivity contribution in [2.24, 2.45) is 0 Å². The molecular weight excluding hydrogens is 352 g/mol. The minimum absolute atomic E-state index is 1.08. The third-order valence-electron chi connectivity index (χ3n) is 6.69. The first-order valence-electron chi connectivity index (χ1n) is 10.9. The van der Waals surface area contributed by atoms with E-state index in [1.54, 1.807) is 0 Å². The van der Waals surface area contributed by atoms with Crippen LogP contribution in [0.2, 0.25) is 0 Å². The quantitative estimate of drug-likeness (QED) is 0.383. The molecular formula is C27H26N2+2. The molecule has 6 rings (SSSR count). The molecule has 2 aliphatic heterocycles. The van der Waals surface area contributed by atoms with Crippen molar-refractivity contribution in [3.63, 3.8) is 0 Å². The van der Waals surface area contributed by atoms with Gasteiger partial charge in [-0.2, -0.15) is 9.13 Å². The number of nitrogens with zero attached hydrogens (tertiary/aromatic N) is 2. The Hall–Kier alpha value is -3.00. The maximum atomic E-state index is 2.50. The highest BCUT2D eigenvalue weighted by atomic mass is 15.0. The largest absolute Gasteiger partial charge is 0.221 e. The van der Waals surface area contributed by atoms with Gasteiger partial charge in [-0.1, -0.05) is 30.3 Å². The van der Waals surface area contributed by atoms with Crippen molar-refractivity contribution in [2.75, 3.05) is 0 Å². The van der Waals surface area contributed by atoms with Crippen LogP contribution in [0, 0.1) is 6.92 Å². The summed E-state index contributed by atoms with van der Waals surface area (Å²) in [7, 11) is 0. The molecule has 0 radical (unpaired) electrons. The molecule has 2 aliphatic rings. The molecule has 0 unspecified atom stereocenters. The molecule has 0 saturated heterocycles. The Labute approximate surface area is 172 Å². The predicted octanol–water partition coefficient (Wildman–Crippen LogP) is 4.95. The fraction of sp³-hybridized carbons (Fsp3) is 0.259. The summed E-state index contributed by atoms with van der Waals surface area (Å²) in [5.41, 5.74) is 10.1. The zero-order chi connectivity index (χ0) is 19.4. The molecule has 2 heteroatoms. The lowest BCUT2D eigenvalue weighted by Gasteiger charge is -2.15. The van der Waals surface area contributed by atoms with E-state index in [0.29, 0.717) is 0 Å². The van der Waals surface area contributed by atoms with Crippen LogP contribution in [-0.4, -0.2) is 0 Å². The fourth-order valence-corrected chi connectivity index (χ4v) is 5.32. The van der Waals surface area contributed by atoms with Crippen molar-refractivity contribution >= 4 is 10.8 Å². The van der Waals surface area contributed by atoms with E-state index < -0.39 is 0 Å². The lowest BCUT2D eigenvalue weighted by molar-refractivity contribution is -0.686. The Kier molecular flexibility index (Phi) is 3.80. The molecule has 0 amide bonds. The first kappa shape index (κ1) is 16.9. The average molecular weight is 379 g/mol. The molecule has 0 spiro atoms. The second kappa shape index (κ2) is 6.52. The first-order valence-corrected chi connectivity index (χ1v) is 10.9. The maximum absolute atomic E-state index is 2.50. The Morgan fingerprint density at radius 1 is 0.724 bits per heavy atom. The summed E-state index contributed by atoms with van der Waals surface area (Å²) in [6.45, 7) is 4.39. The van der Waals surface area contributed by atoms with Crippen molar-refractivity contribution in [1.82, 2.24) is 0 Å². The van der Waals surface area contributed by atoms with Gasteiger partial charge in [0.2, 0.25) is 11.4 Å². The van der Waals surface area contributed by atoms with Crippen LogP contribution in [0.3, 0.4) is 0 Å². The topological polar surface area (TPSA) is 7.76 Å². The third kappa shape index (κ3) is 2.62. The number of aryl methyl sites for hydroxylation is 5. The van der Waals surface area contributed by atoms with Crippen LogP contribution in [-0.2, 0) is 25.9 Å². The molecule has 4 heterocycles. The van der Waals surface area contributed by atoms with Gasteiger partial charge >= 0.3 is 0 Å². The highest BCUT2D eigenvalue weighted by molar-refractivity contribution is 5.98. The summed E-state index contributed by atoms with van der Waals surface area (Å²) >= 11 is 0. The summed E-state index contributed by atoms with van der Waals surface area (Å²) in [4.78, 5) is 0. The van der Waals surface area contributed by atoms with E-state index in [1.165, 1.54) is 62.8 Å². The van der Waals surface area contributed by atoms with Crippen LogP contribution in [0.15, 0.2) is 67.0 Å². The lowest BCUT2D eigenvalue weighted by atomic mass is 9.87. The smallest absolute Gasteiger partial charge is 0.198 e. The molecule has 2 aromatic heterocycles. The zero-order valence-electron chi connectivity index (χ0n) is 17.0. The maximum Gasteiger partial charge on any atom is 0.221 e. The van der Waals surface area contributed by atoms with Crippen molar-refractivity contribution in [3.05, 3.63) is 83.7 Å². The molecule has 0 bridgehead atoms. The van der Waals surface area contributed by atoms with E-state index in [-0.39, 0.29) is 0 Å². The second-order valence-corrected chi connectivity index (χ2v) is 8.57. The van der Waals surface area contributed by atoms with Gasteiger partial charge in [0, 0.05) is 31.0 Å². The first-order chi connectivity index (χ1) is 14.3. The van der Waals surface area contributed by atoms with Gasteiger partial charge in [-0.3, -0.25) is 0 Å². The van der Waals surface area contributed by atoms with Gasteiger partial charge in [-0.15, -0.1) is 0 Å². The Morgan fingerprint density at radius 3 is 2.31 bits per heavy atom. The number of hydrogen-bond acceptors (Lipinski definition) is 0. The number of hydrogen-bond donors (Lipinski definition) is 0. The number of rotatable bonds is 0. The molecule has 2 nitrogen and oxygen atoms in total. The van der Waals surface area contributed by atoms with Crippen molar-refractivity contribution in [3.8, 4) is 22.5 Å². The molecule has 0 aliphatic carbocycles. The fourth-order valence-electron chi connectivity index (χ4n) is 5.32. The van der Waals surface area contributed by atoms with E-state index >= 15 is 0 Å². The molecule has 29 heavy (non-hydrogen) atoms. The van der Waals surface area contributed by atoms with E-state index in [1.807, 2.05) is 0 Å². The van der Waals surface area contributed by atoms with Crippen LogP contribution in [0.5, 0.6) is 0 Å². The molecule has 0 fully saturated rings. The number of fused-ring (bicyclic) bond motifs is 9. The third-order valence-corrected chi connectivity index (χ3v) is 6.69. The molecule has 0 saturated carbocycles. The molecule has 0 atom stereocenters. The van der Waals surface area contributed by atoms with Crippen molar-refractivity contribution < 1.29 is 9.13 Å². The van der Waals surface area contributed by atoms with E-state index in [2.05, 4.69) is 83.0 Å². The van der Waals surface area contributed by atoms with Gasteiger partial charge in [0.25, 0.3) is 0 Å². The zero-order valence-corrected chi connectivity index (χ0v) is 17.0. The van der Waals surface area contributed by atoms with E-state index in [9.17, 15) is 0 Å². The Morgan fingerprint density at radius 2 is 1.45 bits per heavy atom. The second-order valence-electron chi connectivity index (χ2n) is 8.57. The molecule has 4 aromatic rings. The highest BCUT2D eigenvalue weighted by Gasteiger charge is 2.32. The van der Waals surface area contributed by atoms with Gasteiger partial charge in [-0.05, 0) is 47.9 Å². The predicted molar refractivity (Wildman–Crippen MR) is 117 cm³/mol. The van der Waals surface area contributed by atoms with Crippen LogP contribution < -0.4 is 9.13 Å². The van der Waals surface area contributed by atoms with Crippen LogP contribution in [0.25, 0.3) is 33.3 Å². The van der Waals surface area contributed by atoms with E-state index in [4.69, 9.17) is 0 Å².